The fourth-order valence-corrected chi connectivity index (χ4v) is 3.82. The van der Waals surface area contributed by atoms with E-state index in [-0.39, 0.29) is 22.2 Å². The number of para-hydroxylation sites is 1. The molecule has 0 fully saturated rings. The van der Waals surface area contributed by atoms with Gasteiger partial charge in [-0.05, 0) is 42.5 Å². The number of aromatic nitrogens is 3. The molecule has 0 bridgehead atoms. The van der Waals surface area contributed by atoms with E-state index < -0.39 is 5.82 Å². The Balaban J connectivity index is 1.64. The maximum absolute atomic E-state index is 13.3. The summed E-state index contributed by atoms with van der Waals surface area (Å²) in [4.78, 5) is 34.1. The fraction of sp³-hybridized carbons (Fsp3) is 0.0476. The van der Waals surface area contributed by atoms with E-state index in [1.807, 2.05) is 0 Å². The van der Waals surface area contributed by atoms with Crippen LogP contribution in [-0.2, 0) is 4.79 Å². The third kappa shape index (κ3) is 4.19. The number of nitrogens with zero attached hydrogens (tertiary/aromatic N) is 3. The van der Waals surface area contributed by atoms with Crippen LogP contribution in [-0.4, -0.2) is 26.2 Å². The van der Waals surface area contributed by atoms with Crippen LogP contribution >= 0.6 is 23.4 Å². The van der Waals surface area contributed by atoms with Crippen molar-refractivity contribution in [2.45, 2.75) is 5.16 Å². The van der Waals surface area contributed by atoms with Crippen molar-refractivity contribution >= 4 is 45.9 Å². The number of carbonyl (C=O) groups excluding carboxylic acids is 1. The van der Waals surface area contributed by atoms with Crippen molar-refractivity contribution < 1.29 is 9.18 Å². The molecule has 6 nitrogen and oxygen atoms in total. The molecule has 0 aliphatic heterocycles. The van der Waals surface area contributed by atoms with E-state index in [0.717, 1.165) is 11.8 Å². The van der Waals surface area contributed by atoms with Crippen LogP contribution in [0.1, 0.15) is 0 Å². The first-order valence-corrected chi connectivity index (χ1v) is 10.2. The number of fused-ring (bicyclic) bond motifs is 1. The molecule has 2 heterocycles. The third-order valence-corrected chi connectivity index (χ3v) is 5.41. The number of thioether (sulfide) groups is 1. The summed E-state index contributed by atoms with van der Waals surface area (Å²) < 4.78 is 14.7. The summed E-state index contributed by atoms with van der Waals surface area (Å²) in [6.45, 7) is 0. The van der Waals surface area contributed by atoms with Crippen LogP contribution in [0.2, 0.25) is 5.02 Å². The number of rotatable bonds is 5. The highest BCUT2D eigenvalue weighted by molar-refractivity contribution is 7.99. The molecular formula is C21H14ClFN4O2S. The van der Waals surface area contributed by atoms with Gasteiger partial charge < -0.3 is 5.32 Å². The smallest absolute Gasteiger partial charge is 0.266 e. The van der Waals surface area contributed by atoms with Crippen molar-refractivity contribution in [2.75, 3.05) is 11.1 Å². The Morgan fingerprint density at radius 1 is 1.17 bits per heavy atom. The summed E-state index contributed by atoms with van der Waals surface area (Å²) in [5.41, 5.74) is 1.22. The summed E-state index contributed by atoms with van der Waals surface area (Å²) >= 11 is 6.86. The number of hydrogen-bond donors (Lipinski definition) is 1. The maximum atomic E-state index is 13.3. The Hall–Kier alpha value is -3.23. The molecule has 1 N–H and O–H groups in total. The first kappa shape index (κ1) is 20.1. The Morgan fingerprint density at radius 3 is 2.77 bits per heavy atom. The Bertz CT molecular complexity index is 1300. The van der Waals surface area contributed by atoms with E-state index >= 15 is 0 Å². The lowest BCUT2D eigenvalue weighted by atomic mass is 10.2. The lowest BCUT2D eigenvalue weighted by molar-refractivity contribution is -0.113. The summed E-state index contributed by atoms with van der Waals surface area (Å²) in [5.74, 6) is -0.923. The van der Waals surface area contributed by atoms with Crippen LogP contribution in [0.4, 0.5) is 10.1 Å². The molecule has 2 aromatic heterocycles. The van der Waals surface area contributed by atoms with Gasteiger partial charge in [-0.3, -0.25) is 19.1 Å². The van der Waals surface area contributed by atoms with Gasteiger partial charge in [0, 0.05) is 11.9 Å². The van der Waals surface area contributed by atoms with Gasteiger partial charge in [-0.15, -0.1) is 0 Å². The quantitative estimate of drug-likeness (QED) is 0.370. The van der Waals surface area contributed by atoms with E-state index in [2.05, 4.69) is 15.3 Å². The number of benzene rings is 2. The standard InChI is InChI=1S/C21H14ClFN4O2S/c22-16-10-13(7-8-17(16)23)25-19(28)12-30-21-26-18-6-2-1-5-15(18)20(29)27(21)14-4-3-9-24-11-14/h1-11H,12H2,(H,25,28). The minimum absolute atomic E-state index is 0.0139. The molecular weight excluding hydrogens is 427 g/mol. The highest BCUT2D eigenvalue weighted by atomic mass is 35.5. The average molecular weight is 441 g/mol. The summed E-state index contributed by atoms with van der Waals surface area (Å²) in [6, 6.07) is 14.4. The molecule has 0 spiro atoms. The number of anilines is 1. The van der Waals surface area contributed by atoms with Gasteiger partial charge in [0.15, 0.2) is 5.16 Å². The number of amides is 1. The van der Waals surface area contributed by atoms with Crippen LogP contribution in [0.25, 0.3) is 16.6 Å². The number of nitrogens with one attached hydrogen (secondary N) is 1. The normalized spacial score (nSPS) is 10.9. The highest BCUT2D eigenvalue weighted by Crippen LogP contribution is 2.22. The van der Waals surface area contributed by atoms with E-state index in [1.165, 1.54) is 22.8 Å². The molecule has 1 amide bonds. The molecule has 0 unspecified atom stereocenters. The third-order valence-electron chi connectivity index (χ3n) is 4.18. The first-order chi connectivity index (χ1) is 14.5. The second kappa shape index (κ2) is 8.64. The number of carbonyl (C=O) groups is 1. The summed E-state index contributed by atoms with van der Waals surface area (Å²) in [6.07, 6.45) is 3.17. The Kier molecular flexibility index (Phi) is 5.78. The van der Waals surface area contributed by atoms with Crippen molar-refractivity contribution in [3.63, 3.8) is 0 Å². The van der Waals surface area contributed by atoms with Crippen molar-refractivity contribution in [1.29, 1.82) is 0 Å². The van der Waals surface area contributed by atoms with Crippen molar-refractivity contribution in [3.8, 4) is 5.69 Å². The Labute approximate surface area is 179 Å². The van der Waals surface area contributed by atoms with Gasteiger partial charge in [0.05, 0.1) is 33.6 Å². The molecule has 0 atom stereocenters. The Morgan fingerprint density at radius 2 is 2.00 bits per heavy atom. The molecule has 0 saturated heterocycles. The molecule has 4 rings (SSSR count). The maximum Gasteiger partial charge on any atom is 0.266 e. The van der Waals surface area contributed by atoms with Crippen molar-refractivity contribution in [3.05, 3.63) is 88.2 Å². The van der Waals surface area contributed by atoms with E-state index in [9.17, 15) is 14.0 Å². The van der Waals surface area contributed by atoms with Crippen molar-refractivity contribution in [1.82, 2.24) is 14.5 Å². The number of halogens is 2. The van der Waals surface area contributed by atoms with Gasteiger partial charge in [-0.2, -0.15) is 0 Å². The predicted molar refractivity (Wildman–Crippen MR) is 116 cm³/mol. The molecule has 30 heavy (non-hydrogen) atoms. The molecule has 0 aliphatic carbocycles. The zero-order valence-electron chi connectivity index (χ0n) is 15.4. The molecule has 9 heteroatoms. The van der Waals surface area contributed by atoms with Crippen molar-refractivity contribution in [2.24, 2.45) is 0 Å². The van der Waals surface area contributed by atoms with Crippen LogP contribution < -0.4 is 10.9 Å². The number of pyridine rings is 1. The van der Waals surface area contributed by atoms with Gasteiger partial charge in [-0.25, -0.2) is 9.37 Å². The lowest BCUT2D eigenvalue weighted by Crippen LogP contribution is -2.23. The first-order valence-electron chi connectivity index (χ1n) is 8.83. The van der Waals surface area contributed by atoms with Gasteiger partial charge in [0.2, 0.25) is 5.91 Å². The van der Waals surface area contributed by atoms with Crippen LogP contribution in [0.3, 0.4) is 0 Å². The largest absolute Gasteiger partial charge is 0.325 e. The zero-order valence-corrected chi connectivity index (χ0v) is 17.0. The van der Waals surface area contributed by atoms with Gasteiger partial charge in [0.25, 0.3) is 5.56 Å². The zero-order chi connectivity index (χ0) is 21.1. The fourth-order valence-electron chi connectivity index (χ4n) is 2.82. The summed E-state index contributed by atoms with van der Waals surface area (Å²) in [7, 11) is 0. The minimum atomic E-state index is -0.565. The van der Waals surface area contributed by atoms with E-state index in [4.69, 9.17) is 11.6 Å². The van der Waals surface area contributed by atoms with E-state index in [0.29, 0.717) is 27.4 Å². The molecule has 0 radical (unpaired) electrons. The van der Waals surface area contributed by atoms with Crippen LogP contribution in [0.15, 0.2) is 76.9 Å². The number of hydrogen-bond acceptors (Lipinski definition) is 5. The monoisotopic (exact) mass is 440 g/mol. The van der Waals surface area contributed by atoms with Crippen LogP contribution in [0.5, 0.6) is 0 Å². The summed E-state index contributed by atoms with van der Waals surface area (Å²) in [5, 5.41) is 3.40. The molecule has 2 aromatic carbocycles. The molecule has 0 saturated carbocycles. The second-order valence-corrected chi connectivity index (χ2v) is 7.58. The van der Waals surface area contributed by atoms with Crippen LogP contribution in [0, 0.1) is 5.82 Å². The topological polar surface area (TPSA) is 76.9 Å². The van der Waals surface area contributed by atoms with Gasteiger partial charge in [-0.1, -0.05) is 35.5 Å². The van der Waals surface area contributed by atoms with Gasteiger partial charge in [0.1, 0.15) is 5.82 Å². The molecule has 150 valence electrons. The second-order valence-electron chi connectivity index (χ2n) is 6.23. The lowest BCUT2D eigenvalue weighted by Gasteiger charge is -2.13. The highest BCUT2D eigenvalue weighted by Gasteiger charge is 2.15. The minimum Gasteiger partial charge on any atom is -0.325 e. The SMILES string of the molecule is O=C(CSc1nc2ccccc2c(=O)n1-c1cccnc1)Nc1ccc(F)c(Cl)c1. The molecule has 4 aromatic rings. The van der Waals surface area contributed by atoms with E-state index in [1.54, 1.807) is 48.8 Å². The molecule has 0 aliphatic rings. The predicted octanol–water partition coefficient (Wildman–Crippen LogP) is 4.30. The average Bonchev–Trinajstić information content (AvgIpc) is 2.75. The van der Waals surface area contributed by atoms with Gasteiger partial charge >= 0.3 is 0 Å².